The summed E-state index contributed by atoms with van der Waals surface area (Å²) in [7, 11) is 2.64. The average molecular weight is 355 g/mol. The van der Waals surface area contributed by atoms with Crippen LogP contribution in [0.3, 0.4) is 0 Å². The molecule has 1 rings (SSSR count). The molecule has 0 N–H and O–H groups in total. The molecule has 0 aliphatic rings. The first-order valence-electron chi connectivity index (χ1n) is 8.04. The summed E-state index contributed by atoms with van der Waals surface area (Å²) in [5.41, 5.74) is 1.23. The molecule has 6 heteroatoms. The van der Waals surface area contributed by atoms with Gasteiger partial charge in [-0.05, 0) is 36.2 Å². The highest BCUT2D eigenvalue weighted by atomic mass is 28.4. The minimum Gasteiger partial charge on any atom is -0.497 e. The molecular weight excluding hydrogens is 324 g/mol. The van der Waals surface area contributed by atoms with Crippen molar-refractivity contribution in [1.82, 2.24) is 0 Å². The normalized spacial score (nSPS) is 12.0. The molecule has 0 aliphatic heterocycles. The summed E-state index contributed by atoms with van der Waals surface area (Å²) in [6.45, 7) is 11.6. The van der Waals surface area contributed by atoms with E-state index in [2.05, 4.69) is 33.9 Å². The number of ether oxygens (including phenoxy) is 3. The van der Waals surface area contributed by atoms with E-state index >= 15 is 0 Å². The maximum absolute atomic E-state index is 12.2. The van der Waals surface area contributed by atoms with Crippen LogP contribution in [0.2, 0.25) is 18.1 Å². The number of carbonyl (C=O) groups is 1. The Kier molecular flexibility index (Phi) is 6.86. The Morgan fingerprint density at radius 2 is 1.71 bits per heavy atom. The van der Waals surface area contributed by atoms with Gasteiger partial charge >= 0.3 is 5.97 Å². The molecular formula is C18H30O5Si. The minimum atomic E-state index is -1.83. The molecule has 0 radical (unpaired) electrons. The highest BCUT2D eigenvalue weighted by Gasteiger charge is 2.37. The summed E-state index contributed by atoms with van der Waals surface area (Å²) in [6.07, 6.45) is 0.588. The van der Waals surface area contributed by atoms with E-state index in [4.69, 9.17) is 18.6 Å². The van der Waals surface area contributed by atoms with Crippen LogP contribution in [-0.2, 0) is 15.6 Å². The zero-order valence-electron chi connectivity index (χ0n) is 16.1. The van der Waals surface area contributed by atoms with Crippen LogP contribution in [-0.4, -0.2) is 42.2 Å². The topological polar surface area (TPSA) is 54.0 Å². The summed E-state index contributed by atoms with van der Waals surface area (Å²) in [5, 5.41) is 0.143. The molecule has 0 fully saturated rings. The fraction of sp³-hybridized carbons (Fsp3) is 0.611. The Morgan fingerprint density at radius 3 is 2.17 bits per heavy atom. The largest absolute Gasteiger partial charge is 0.497 e. The lowest BCUT2D eigenvalue weighted by Gasteiger charge is -2.36. The summed E-state index contributed by atoms with van der Waals surface area (Å²) < 4.78 is 21.8. The average Bonchev–Trinajstić information content (AvgIpc) is 2.51. The van der Waals surface area contributed by atoms with E-state index in [1.54, 1.807) is 13.2 Å². The molecule has 0 heterocycles. The Morgan fingerprint density at radius 1 is 1.08 bits per heavy atom. The van der Waals surface area contributed by atoms with E-state index in [1.165, 1.54) is 14.2 Å². The Bertz CT molecular complexity index is 576. The van der Waals surface area contributed by atoms with Gasteiger partial charge in [0.25, 0.3) is 0 Å². The van der Waals surface area contributed by atoms with Crippen molar-refractivity contribution in [2.45, 2.75) is 45.3 Å². The van der Waals surface area contributed by atoms with Crippen LogP contribution in [0.1, 0.15) is 36.7 Å². The number of rotatable bonds is 7. The maximum atomic E-state index is 12.2. The zero-order valence-corrected chi connectivity index (χ0v) is 17.1. The molecule has 24 heavy (non-hydrogen) atoms. The van der Waals surface area contributed by atoms with Gasteiger partial charge in [0.15, 0.2) is 8.32 Å². The van der Waals surface area contributed by atoms with Crippen molar-refractivity contribution in [2.24, 2.45) is 0 Å². The van der Waals surface area contributed by atoms with Gasteiger partial charge < -0.3 is 18.6 Å². The second-order valence-corrected chi connectivity index (χ2v) is 12.0. The van der Waals surface area contributed by atoms with E-state index in [0.717, 1.165) is 5.56 Å². The molecule has 0 aromatic heterocycles. The van der Waals surface area contributed by atoms with Gasteiger partial charge in [0.1, 0.15) is 17.1 Å². The summed E-state index contributed by atoms with van der Waals surface area (Å²) in [4.78, 5) is 12.2. The van der Waals surface area contributed by atoms with Gasteiger partial charge in [-0.3, -0.25) is 0 Å². The van der Waals surface area contributed by atoms with E-state index in [0.29, 0.717) is 30.1 Å². The molecule has 0 bridgehead atoms. The van der Waals surface area contributed by atoms with Crippen LogP contribution in [0.25, 0.3) is 0 Å². The monoisotopic (exact) mass is 354 g/mol. The quantitative estimate of drug-likeness (QED) is 0.546. The number of hydrogen-bond acceptors (Lipinski definition) is 5. The SMILES string of the molecule is COC(=O)c1c(CCO[Si](C)(C)C(C)(C)C)cc(OC)cc1OC. The van der Waals surface area contributed by atoms with Gasteiger partial charge in [0.2, 0.25) is 0 Å². The van der Waals surface area contributed by atoms with Crippen LogP contribution >= 0.6 is 0 Å². The number of hydrogen-bond donors (Lipinski definition) is 0. The van der Waals surface area contributed by atoms with Gasteiger partial charge in [-0.25, -0.2) is 4.79 Å². The fourth-order valence-electron chi connectivity index (χ4n) is 2.09. The third-order valence-corrected chi connectivity index (χ3v) is 9.18. The molecule has 0 aliphatic carbocycles. The van der Waals surface area contributed by atoms with Crippen LogP contribution in [0.5, 0.6) is 11.5 Å². The second-order valence-electron chi connectivity index (χ2n) is 7.21. The van der Waals surface area contributed by atoms with Crippen LogP contribution in [0.4, 0.5) is 0 Å². The summed E-state index contributed by atoms with van der Waals surface area (Å²) >= 11 is 0. The number of esters is 1. The van der Waals surface area contributed by atoms with E-state index in [1.807, 2.05) is 6.07 Å². The van der Waals surface area contributed by atoms with Gasteiger partial charge in [-0.2, -0.15) is 0 Å². The number of carbonyl (C=O) groups excluding carboxylic acids is 1. The Hall–Kier alpha value is -1.53. The number of benzene rings is 1. The lowest BCUT2D eigenvalue weighted by Crippen LogP contribution is -2.41. The van der Waals surface area contributed by atoms with Crippen molar-refractivity contribution in [1.29, 1.82) is 0 Å². The Balaban J connectivity index is 3.07. The lowest BCUT2D eigenvalue weighted by atomic mass is 10.0. The van der Waals surface area contributed by atoms with Crippen LogP contribution < -0.4 is 9.47 Å². The first kappa shape index (κ1) is 20.5. The van der Waals surface area contributed by atoms with Crippen molar-refractivity contribution < 1.29 is 23.4 Å². The molecule has 1 aromatic carbocycles. The maximum Gasteiger partial charge on any atom is 0.341 e. The van der Waals surface area contributed by atoms with E-state index < -0.39 is 14.3 Å². The van der Waals surface area contributed by atoms with Crippen molar-refractivity contribution in [2.75, 3.05) is 27.9 Å². The molecule has 0 saturated carbocycles. The predicted octanol–water partition coefficient (Wildman–Crippen LogP) is 4.05. The second kappa shape index (κ2) is 8.03. The van der Waals surface area contributed by atoms with Crippen molar-refractivity contribution >= 4 is 14.3 Å². The first-order valence-corrected chi connectivity index (χ1v) is 11.0. The van der Waals surface area contributed by atoms with E-state index in [9.17, 15) is 4.79 Å². The van der Waals surface area contributed by atoms with Crippen LogP contribution in [0.15, 0.2) is 12.1 Å². The zero-order chi connectivity index (χ0) is 18.5. The third kappa shape index (κ3) is 4.74. The summed E-state index contributed by atoms with van der Waals surface area (Å²) in [6, 6.07) is 3.52. The smallest absolute Gasteiger partial charge is 0.341 e. The Labute approximate surface area is 146 Å². The molecule has 0 atom stereocenters. The van der Waals surface area contributed by atoms with E-state index in [-0.39, 0.29) is 5.04 Å². The molecule has 5 nitrogen and oxygen atoms in total. The summed E-state index contributed by atoms with van der Waals surface area (Å²) in [5.74, 6) is 0.669. The fourth-order valence-corrected chi connectivity index (χ4v) is 3.13. The highest BCUT2D eigenvalue weighted by molar-refractivity contribution is 6.74. The van der Waals surface area contributed by atoms with Crippen LogP contribution in [0, 0.1) is 0 Å². The minimum absolute atomic E-state index is 0.143. The molecule has 0 spiro atoms. The molecule has 0 saturated heterocycles. The first-order chi connectivity index (χ1) is 11.1. The molecule has 0 amide bonds. The van der Waals surface area contributed by atoms with Gasteiger partial charge in [-0.1, -0.05) is 20.8 Å². The van der Waals surface area contributed by atoms with Gasteiger partial charge in [-0.15, -0.1) is 0 Å². The van der Waals surface area contributed by atoms with Crippen molar-refractivity contribution in [3.63, 3.8) is 0 Å². The predicted molar refractivity (Wildman–Crippen MR) is 97.7 cm³/mol. The molecule has 1 aromatic rings. The van der Waals surface area contributed by atoms with Gasteiger partial charge in [0, 0.05) is 12.7 Å². The third-order valence-electron chi connectivity index (χ3n) is 4.64. The molecule has 0 unspecified atom stereocenters. The standard InChI is InChI=1S/C18H30O5Si/c1-18(2,3)24(7,8)23-10-9-13-11-14(20-4)12-15(21-5)16(13)17(19)22-6/h11-12H,9-10H2,1-8H3. The number of methoxy groups -OCH3 is 3. The van der Waals surface area contributed by atoms with Crippen molar-refractivity contribution in [3.8, 4) is 11.5 Å². The van der Waals surface area contributed by atoms with Gasteiger partial charge in [0.05, 0.1) is 21.3 Å². The molecule has 136 valence electrons. The highest BCUT2D eigenvalue weighted by Crippen LogP contribution is 2.37. The van der Waals surface area contributed by atoms with Crippen molar-refractivity contribution in [3.05, 3.63) is 23.3 Å². The lowest BCUT2D eigenvalue weighted by molar-refractivity contribution is 0.0595.